The van der Waals surface area contributed by atoms with Crippen molar-refractivity contribution in [3.8, 4) is 0 Å². The summed E-state index contributed by atoms with van der Waals surface area (Å²) in [7, 11) is 0. The smallest absolute Gasteiger partial charge is 0.269 e. The summed E-state index contributed by atoms with van der Waals surface area (Å²) in [5, 5.41) is 26.3. The summed E-state index contributed by atoms with van der Waals surface area (Å²) in [6, 6.07) is 10.6. The van der Waals surface area contributed by atoms with E-state index in [0.29, 0.717) is 29.5 Å². The van der Waals surface area contributed by atoms with Gasteiger partial charge in [0, 0.05) is 30.1 Å². The van der Waals surface area contributed by atoms with Crippen molar-refractivity contribution in [2.24, 2.45) is 0 Å². The molecule has 1 aromatic heterocycles. The van der Waals surface area contributed by atoms with E-state index in [0.717, 1.165) is 11.5 Å². The maximum absolute atomic E-state index is 12.4. The Kier molecular flexibility index (Phi) is 7.47. The number of hydrogen-bond donors (Lipinski definition) is 2. The number of rotatable bonds is 9. The predicted molar refractivity (Wildman–Crippen MR) is 126 cm³/mol. The molecule has 3 rings (SSSR count). The van der Waals surface area contributed by atoms with E-state index in [1.807, 2.05) is 11.5 Å². The minimum absolute atomic E-state index is 0.00658. The van der Waals surface area contributed by atoms with E-state index in [4.69, 9.17) is 0 Å². The lowest BCUT2D eigenvalue weighted by molar-refractivity contribution is -0.384. The molecule has 2 N–H and O–H groups in total. The molecule has 0 saturated carbocycles. The number of carbonyl (C=O) groups excluding carboxylic acids is 1. The van der Waals surface area contributed by atoms with Crippen LogP contribution in [0.2, 0.25) is 0 Å². The lowest BCUT2D eigenvalue weighted by atomic mass is 10.1. The topological polar surface area (TPSA) is 115 Å². The number of amides is 1. The average molecular weight is 455 g/mol. The first kappa shape index (κ1) is 23.3. The molecule has 0 aliphatic heterocycles. The monoisotopic (exact) mass is 454 g/mol. The molecule has 32 heavy (non-hydrogen) atoms. The van der Waals surface area contributed by atoms with Crippen LogP contribution < -0.4 is 10.6 Å². The molecule has 0 aliphatic carbocycles. The van der Waals surface area contributed by atoms with Crippen LogP contribution in [0.1, 0.15) is 29.4 Å². The van der Waals surface area contributed by atoms with Gasteiger partial charge in [0.25, 0.3) is 5.69 Å². The zero-order valence-electron chi connectivity index (χ0n) is 18.5. The fourth-order valence-corrected chi connectivity index (χ4v) is 4.10. The highest BCUT2D eigenvalue weighted by Gasteiger charge is 2.15. The second-order valence-corrected chi connectivity index (χ2v) is 8.35. The molecule has 1 heterocycles. The summed E-state index contributed by atoms with van der Waals surface area (Å²) in [4.78, 5) is 22.8. The third kappa shape index (κ3) is 5.64. The zero-order chi connectivity index (χ0) is 23.3. The van der Waals surface area contributed by atoms with E-state index in [9.17, 15) is 14.9 Å². The maximum atomic E-state index is 12.4. The van der Waals surface area contributed by atoms with Gasteiger partial charge in [0.15, 0.2) is 11.0 Å². The van der Waals surface area contributed by atoms with Gasteiger partial charge in [-0.3, -0.25) is 14.9 Å². The molecule has 0 aliphatic rings. The highest BCUT2D eigenvalue weighted by Crippen LogP contribution is 2.23. The highest BCUT2D eigenvalue weighted by molar-refractivity contribution is 7.99. The fraction of sp³-hybridized carbons (Fsp3) is 0.318. The second-order valence-electron chi connectivity index (χ2n) is 7.41. The molecule has 9 nitrogen and oxygen atoms in total. The van der Waals surface area contributed by atoms with Crippen molar-refractivity contribution < 1.29 is 9.72 Å². The first-order valence-corrected chi connectivity index (χ1v) is 11.2. The number of thioether (sulfide) groups is 1. The van der Waals surface area contributed by atoms with Gasteiger partial charge < -0.3 is 15.2 Å². The lowest BCUT2D eigenvalue weighted by Gasteiger charge is -2.11. The number of nitrogens with zero attached hydrogens (tertiary/aromatic N) is 4. The van der Waals surface area contributed by atoms with E-state index < -0.39 is 4.92 Å². The van der Waals surface area contributed by atoms with Gasteiger partial charge in [-0.15, -0.1) is 10.2 Å². The van der Waals surface area contributed by atoms with Gasteiger partial charge in [0.05, 0.1) is 17.2 Å². The molecular formula is C22H26N6O3S. The highest BCUT2D eigenvalue weighted by atomic mass is 32.2. The number of nitro groups is 1. The molecular weight excluding hydrogens is 428 g/mol. The summed E-state index contributed by atoms with van der Waals surface area (Å²) in [6.07, 6.45) is 0. The van der Waals surface area contributed by atoms with Crippen LogP contribution in [0.25, 0.3) is 0 Å². The van der Waals surface area contributed by atoms with Gasteiger partial charge in [0.2, 0.25) is 5.91 Å². The predicted octanol–water partition coefficient (Wildman–Crippen LogP) is 4.47. The first-order chi connectivity index (χ1) is 15.3. The molecule has 0 spiro atoms. The van der Waals surface area contributed by atoms with Gasteiger partial charge >= 0.3 is 0 Å². The molecule has 0 atom stereocenters. The third-order valence-electron chi connectivity index (χ3n) is 4.96. The van der Waals surface area contributed by atoms with Crippen molar-refractivity contribution in [3.63, 3.8) is 0 Å². The van der Waals surface area contributed by atoms with E-state index in [2.05, 4.69) is 52.9 Å². The van der Waals surface area contributed by atoms with E-state index in [1.165, 1.54) is 35.0 Å². The number of hydrogen-bond acceptors (Lipinski definition) is 7. The zero-order valence-corrected chi connectivity index (χ0v) is 19.3. The van der Waals surface area contributed by atoms with Crippen molar-refractivity contribution in [1.29, 1.82) is 0 Å². The first-order valence-electron chi connectivity index (χ1n) is 10.2. The molecule has 2 aromatic carbocycles. The molecule has 0 radical (unpaired) electrons. The van der Waals surface area contributed by atoms with Gasteiger partial charge in [0.1, 0.15) is 0 Å². The van der Waals surface area contributed by atoms with E-state index in [1.54, 1.807) is 13.0 Å². The third-order valence-corrected chi connectivity index (χ3v) is 5.92. The van der Waals surface area contributed by atoms with Crippen molar-refractivity contribution in [1.82, 2.24) is 14.8 Å². The summed E-state index contributed by atoms with van der Waals surface area (Å²) in [5.74, 6) is 0.730. The Morgan fingerprint density at radius 1 is 1.09 bits per heavy atom. The van der Waals surface area contributed by atoms with Crippen LogP contribution in [0.4, 0.5) is 17.1 Å². The van der Waals surface area contributed by atoms with Crippen LogP contribution in [0.3, 0.4) is 0 Å². The maximum Gasteiger partial charge on any atom is 0.269 e. The summed E-state index contributed by atoms with van der Waals surface area (Å²) < 4.78 is 1.98. The van der Waals surface area contributed by atoms with Gasteiger partial charge in [-0.05, 0) is 51.0 Å². The van der Waals surface area contributed by atoms with Crippen LogP contribution in [0, 0.1) is 30.9 Å². The van der Waals surface area contributed by atoms with Crippen LogP contribution in [-0.2, 0) is 17.9 Å². The Balaban J connectivity index is 1.60. The van der Waals surface area contributed by atoms with E-state index in [-0.39, 0.29) is 17.3 Å². The van der Waals surface area contributed by atoms with Crippen LogP contribution in [-0.4, -0.2) is 31.3 Å². The fourth-order valence-electron chi connectivity index (χ4n) is 3.28. The Morgan fingerprint density at radius 3 is 2.47 bits per heavy atom. The molecule has 10 heteroatoms. The number of benzene rings is 2. The number of nitrogens with one attached hydrogen (secondary N) is 2. The molecule has 168 valence electrons. The average Bonchev–Trinajstić information content (AvgIpc) is 3.14. The minimum atomic E-state index is -0.460. The molecule has 1 amide bonds. The van der Waals surface area contributed by atoms with Gasteiger partial charge in [-0.1, -0.05) is 29.5 Å². The van der Waals surface area contributed by atoms with E-state index >= 15 is 0 Å². The lowest BCUT2D eigenvalue weighted by Crippen LogP contribution is -2.15. The Bertz CT molecular complexity index is 1140. The number of anilines is 2. The normalized spacial score (nSPS) is 10.8. The van der Waals surface area contributed by atoms with Crippen molar-refractivity contribution in [2.45, 2.75) is 45.9 Å². The van der Waals surface area contributed by atoms with Crippen molar-refractivity contribution in [2.75, 3.05) is 16.4 Å². The molecule has 0 fully saturated rings. The molecule has 0 unspecified atom stereocenters. The number of aromatic nitrogens is 3. The molecule has 0 bridgehead atoms. The van der Waals surface area contributed by atoms with Crippen LogP contribution >= 0.6 is 11.8 Å². The largest absolute Gasteiger partial charge is 0.378 e. The summed E-state index contributed by atoms with van der Waals surface area (Å²) in [5.41, 5.74) is 4.61. The quantitative estimate of drug-likeness (QED) is 0.278. The van der Waals surface area contributed by atoms with Gasteiger partial charge in [-0.2, -0.15) is 0 Å². The Labute approximate surface area is 190 Å². The van der Waals surface area contributed by atoms with Crippen molar-refractivity contribution >= 4 is 34.7 Å². The van der Waals surface area contributed by atoms with Crippen LogP contribution in [0.5, 0.6) is 0 Å². The minimum Gasteiger partial charge on any atom is -0.378 e. The summed E-state index contributed by atoms with van der Waals surface area (Å²) >= 11 is 1.30. The number of nitro benzene ring substituents is 1. The molecule has 3 aromatic rings. The SMILES string of the molecule is CCn1c(CNc2ccc(C)cc2C)nnc1SCC(=O)Nc1ccc([N+](=O)[O-])cc1C. The Morgan fingerprint density at radius 2 is 1.81 bits per heavy atom. The number of carbonyl (C=O) groups is 1. The Hall–Kier alpha value is -3.40. The second kappa shape index (κ2) is 10.3. The standard InChI is InChI=1S/C22H26N6O3S/c1-5-27-20(12-23-18-8-6-14(2)10-15(18)3)25-26-22(27)32-13-21(29)24-19-9-7-17(28(30)31)11-16(19)4/h6-11,23H,5,12-13H2,1-4H3,(H,24,29). The summed E-state index contributed by atoms with van der Waals surface area (Å²) in [6.45, 7) is 9.06. The van der Waals surface area contributed by atoms with Crippen molar-refractivity contribution in [3.05, 3.63) is 69.0 Å². The van der Waals surface area contributed by atoms with Crippen LogP contribution in [0.15, 0.2) is 41.6 Å². The molecule has 0 saturated heterocycles. The number of non-ortho nitro benzene ring substituents is 1. The number of aryl methyl sites for hydroxylation is 3. The van der Waals surface area contributed by atoms with Gasteiger partial charge in [-0.25, -0.2) is 0 Å².